The minimum absolute atomic E-state index is 0.252. The highest BCUT2D eigenvalue weighted by atomic mass is 16.5. The van der Waals surface area contributed by atoms with Crippen molar-refractivity contribution in [1.29, 1.82) is 0 Å². The van der Waals surface area contributed by atoms with E-state index in [0.29, 0.717) is 11.7 Å². The van der Waals surface area contributed by atoms with Crippen LogP contribution in [0, 0.1) is 0 Å². The molecule has 1 unspecified atom stereocenters. The van der Waals surface area contributed by atoms with E-state index < -0.39 is 0 Å². The third-order valence-corrected chi connectivity index (χ3v) is 3.10. The summed E-state index contributed by atoms with van der Waals surface area (Å²) < 4.78 is 10.3. The molecule has 1 fully saturated rings. The monoisotopic (exact) mass is 241 g/mol. The summed E-state index contributed by atoms with van der Waals surface area (Å²) in [5.41, 5.74) is 0.665. The Kier molecular flexibility index (Phi) is 6.22. The van der Waals surface area contributed by atoms with Crippen molar-refractivity contribution in [3.8, 4) is 0 Å². The molecule has 0 amide bonds. The van der Waals surface area contributed by atoms with Gasteiger partial charge in [-0.2, -0.15) is 0 Å². The number of nitrogens with zero attached hydrogens (tertiary/aromatic N) is 1. The minimum atomic E-state index is -0.252. The number of hydrogen-bond donors (Lipinski definition) is 0. The largest absolute Gasteiger partial charge is 0.466 e. The fourth-order valence-corrected chi connectivity index (χ4v) is 1.92. The zero-order chi connectivity index (χ0) is 12.7. The maximum atomic E-state index is 11.2. The van der Waals surface area contributed by atoms with E-state index in [9.17, 15) is 4.79 Å². The lowest BCUT2D eigenvalue weighted by Gasteiger charge is -2.22. The van der Waals surface area contributed by atoms with Gasteiger partial charge in [0, 0.05) is 25.3 Å². The molecule has 0 spiro atoms. The van der Waals surface area contributed by atoms with Crippen molar-refractivity contribution in [2.45, 2.75) is 32.8 Å². The van der Waals surface area contributed by atoms with Crippen molar-refractivity contribution < 1.29 is 14.3 Å². The van der Waals surface area contributed by atoms with Gasteiger partial charge in [-0.1, -0.05) is 13.0 Å². The van der Waals surface area contributed by atoms with Gasteiger partial charge in [0.2, 0.25) is 0 Å². The molecule has 0 N–H and O–H groups in total. The summed E-state index contributed by atoms with van der Waals surface area (Å²) in [6.07, 6.45) is 4.60. The molecule has 0 radical (unpaired) electrons. The van der Waals surface area contributed by atoms with Gasteiger partial charge in [0.15, 0.2) is 0 Å². The molecule has 1 heterocycles. The van der Waals surface area contributed by atoms with E-state index in [1.54, 1.807) is 6.92 Å². The van der Waals surface area contributed by atoms with Crippen LogP contribution in [0.1, 0.15) is 26.7 Å². The zero-order valence-electron chi connectivity index (χ0n) is 11.1. The third kappa shape index (κ3) is 4.88. The van der Waals surface area contributed by atoms with Gasteiger partial charge in [0.05, 0.1) is 13.2 Å². The maximum Gasteiger partial charge on any atom is 0.333 e. The van der Waals surface area contributed by atoms with Crippen LogP contribution >= 0.6 is 0 Å². The first-order valence-electron chi connectivity index (χ1n) is 6.26. The van der Waals surface area contributed by atoms with E-state index in [1.165, 1.54) is 13.5 Å². The molecule has 0 aromatic carbocycles. The molecule has 98 valence electrons. The van der Waals surface area contributed by atoms with Gasteiger partial charge in [-0.15, -0.1) is 0 Å². The minimum Gasteiger partial charge on any atom is -0.466 e. The standard InChI is InChI=1S/C13H23NO3/c1-4-14(10-12-6-5-9-17-12)8-7-11(2)13(15)16-3/h7,12H,4-6,8-10H2,1-3H3. The summed E-state index contributed by atoms with van der Waals surface area (Å²) >= 11 is 0. The molecule has 0 aliphatic carbocycles. The molecule has 0 saturated carbocycles. The van der Waals surface area contributed by atoms with Crippen LogP contribution < -0.4 is 0 Å². The first-order valence-corrected chi connectivity index (χ1v) is 6.26. The number of hydrogen-bond acceptors (Lipinski definition) is 4. The zero-order valence-corrected chi connectivity index (χ0v) is 11.1. The molecule has 1 saturated heterocycles. The summed E-state index contributed by atoms with van der Waals surface area (Å²) in [5, 5.41) is 0. The fourth-order valence-electron chi connectivity index (χ4n) is 1.92. The van der Waals surface area contributed by atoms with E-state index in [2.05, 4.69) is 16.6 Å². The van der Waals surface area contributed by atoms with E-state index in [4.69, 9.17) is 4.74 Å². The Bertz CT molecular complexity index is 270. The average Bonchev–Trinajstić information content (AvgIpc) is 2.85. The molecule has 17 heavy (non-hydrogen) atoms. The summed E-state index contributed by atoms with van der Waals surface area (Å²) in [6, 6.07) is 0. The van der Waals surface area contributed by atoms with Crippen LogP contribution in [0.2, 0.25) is 0 Å². The van der Waals surface area contributed by atoms with E-state index in [-0.39, 0.29) is 5.97 Å². The molecule has 0 bridgehead atoms. The lowest BCUT2D eigenvalue weighted by Crippen LogP contribution is -2.32. The number of rotatable bonds is 6. The molecule has 0 aromatic rings. The van der Waals surface area contributed by atoms with E-state index >= 15 is 0 Å². The number of likely N-dealkylation sites (N-methyl/N-ethyl adjacent to an activating group) is 1. The van der Waals surface area contributed by atoms with Crippen molar-refractivity contribution in [2.24, 2.45) is 0 Å². The van der Waals surface area contributed by atoms with E-state index in [1.807, 2.05) is 6.08 Å². The predicted octanol–water partition coefficient (Wildman–Crippen LogP) is 1.61. The Balaban J connectivity index is 2.37. The first-order chi connectivity index (χ1) is 8.17. The number of methoxy groups -OCH3 is 1. The Morgan fingerprint density at radius 1 is 1.59 bits per heavy atom. The topological polar surface area (TPSA) is 38.8 Å². The summed E-state index contributed by atoms with van der Waals surface area (Å²) in [7, 11) is 1.41. The van der Waals surface area contributed by atoms with Crippen molar-refractivity contribution in [2.75, 3.05) is 33.4 Å². The molecular formula is C13H23NO3. The van der Waals surface area contributed by atoms with Crippen molar-refractivity contribution in [1.82, 2.24) is 4.90 Å². The highest BCUT2D eigenvalue weighted by molar-refractivity contribution is 5.87. The molecule has 4 heteroatoms. The second kappa shape index (κ2) is 7.45. The maximum absolute atomic E-state index is 11.2. The molecular weight excluding hydrogens is 218 g/mol. The Morgan fingerprint density at radius 2 is 2.35 bits per heavy atom. The van der Waals surface area contributed by atoms with Crippen molar-refractivity contribution in [3.05, 3.63) is 11.6 Å². The second-order valence-corrected chi connectivity index (χ2v) is 4.37. The van der Waals surface area contributed by atoms with Gasteiger partial charge >= 0.3 is 5.97 Å². The Hall–Kier alpha value is -0.870. The van der Waals surface area contributed by atoms with Crippen LogP contribution in [0.5, 0.6) is 0 Å². The van der Waals surface area contributed by atoms with Crippen molar-refractivity contribution in [3.63, 3.8) is 0 Å². The summed E-state index contributed by atoms with van der Waals surface area (Å²) in [5.74, 6) is -0.252. The van der Waals surface area contributed by atoms with Gasteiger partial charge in [0.25, 0.3) is 0 Å². The van der Waals surface area contributed by atoms with Crippen LogP contribution in [-0.4, -0.2) is 50.3 Å². The SMILES string of the molecule is CCN(CC=C(C)C(=O)OC)CC1CCCO1. The molecule has 4 nitrogen and oxygen atoms in total. The number of carbonyl (C=O) groups is 1. The quantitative estimate of drug-likeness (QED) is 0.523. The van der Waals surface area contributed by atoms with Gasteiger partial charge in [-0.25, -0.2) is 4.79 Å². The van der Waals surface area contributed by atoms with Gasteiger partial charge in [-0.05, 0) is 26.3 Å². The Morgan fingerprint density at radius 3 is 2.88 bits per heavy atom. The number of carbonyl (C=O) groups excluding carboxylic acids is 1. The van der Waals surface area contributed by atoms with Crippen LogP contribution in [-0.2, 0) is 14.3 Å². The summed E-state index contributed by atoms with van der Waals surface area (Å²) in [4.78, 5) is 13.5. The molecule has 1 aliphatic rings. The highest BCUT2D eigenvalue weighted by Gasteiger charge is 2.17. The van der Waals surface area contributed by atoms with Crippen LogP contribution in [0.3, 0.4) is 0 Å². The van der Waals surface area contributed by atoms with Crippen LogP contribution in [0.15, 0.2) is 11.6 Å². The smallest absolute Gasteiger partial charge is 0.333 e. The number of esters is 1. The van der Waals surface area contributed by atoms with Crippen molar-refractivity contribution >= 4 is 5.97 Å². The average molecular weight is 241 g/mol. The molecule has 1 rings (SSSR count). The van der Waals surface area contributed by atoms with Crippen LogP contribution in [0.25, 0.3) is 0 Å². The van der Waals surface area contributed by atoms with Gasteiger partial charge in [0.1, 0.15) is 0 Å². The first kappa shape index (κ1) is 14.2. The highest BCUT2D eigenvalue weighted by Crippen LogP contribution is 2.13. The molecule has 0 aromatic heterocycles. The number of ether oxygens (including phenoxy) is 2. The lowest BCUT2D eigenvalue weighted by molar-refractivity contribution is -0.136. The summed E-state index contributed by atoms with van der Waals surface area (Å²) in [6.45, 7) is 7.48. The molecule has 1 aliphatic heterocycles. The van der Waals surface area contributed by atoms with Gasteiger partial charge in [-0.3, -0.25) is 4.90 Å². The van der Waals surface area contributed by atoms with Crippen LogP contribution in [0.4, 0.5) is 0 Å². The fraction of sp³-hybridized carbons (Fsp3) is 0.769. The van der Waals surface area contributed by atoms with Gasteiger partial charge < -0.3 is 9.47 Å². The Labute approximate surface area is 104 Å². The second-order valence-electron chi connectivity index (χ2n) is 4.37. The normalized spacial score (nSPS) is 20.9. The van der Waals surface area contributed by atoms with E-state index in [0.717, 1.165) is 32.7 Å². The third-order valence-electron chi connectivity index (χ3n) is 3.10. The molecule has 1 atom stereocenters. The predicted molar refractivity (Wildman–Crippen MR) is 66.9 cm³/mol. The lowest BCUT2D eigenvalue weighted by atomic mass is 10.2.